The SMILES string of the molecule is CCNc1nc(N(C)CCN(C)C)c(F)cc1F. The van der Waals surface area contributed by atoms with E-state index >= 15 is 0 Å². The largest absolute Gasteiger partial charge is 0.368 e. The standard InChI is InChI=1S/C12H20F2N4/c1-5-15-11-9(13)8-10(14)12(16-11)18(4)7-6-17(2)3/h8H,5-7H2,1-4H3,(H,15,16). The molecule has 0 amide bonds. The van der Waals surface area contributed by atoms with Crippen LogP contribution in [-0.2, 0) is 0 Å². The number of pyridine rings is 1. The van der Waals surface area contributed by atoms with Crippen molar-refractivity contribution in [2.24, 2.45) is 0 Å². The molecule has 1 aromatic heterocycles. The molecular weight excluding hydrogens is 238 g/mol. The highest BCUT2D eigenvalue weighted by Gasteiger charge is 2.14. The van der Waals surface area contributed by atoms with Crippen molar-refractivity contribution in [2.45, 2.75) is 6.92 Å². The van der Waals surface area contributed by atoms with Gasteiger partial charge in [-0.3, -0.25) is 0 Å². The zero-order valence-corrected chi connectivity index (χ0v) is 11.3. The van der Waals surface area contributed by atoms with Gasteiger partial charge in [-0.15, -0.1) is 0 Å². The number of hydrogen-bond donors (Lipinski definition) is 1. The highest BCUT2D eigenvalue weighted by molar-refractivity contribution is 5.48. The maximum Gasteiger partial charge on any atom is 0.168 e. The summed E-state index contributed by atoms with van der Waals surface area (Å²) in [6.07, 6.45) is 0. The molecule has 0 aromatic carbocycles. The molecule has 1 N–H and O–H groups in total. The molecule has 1 heterocycles. The first-order chi connectivity index (χ1) is 8.45. The van der Waals surface area contributed by atoms with Gasteiger partial charge in [0, 0.05) is 32.7 Å². The van der Waals surface area contributed by atoms with Gasteiger partial charge in [0.2, 0.25) is 0 Å². The van der Waals surface area contributed by atoms with Gasteiger partial charge in [-0.25, -0.2) is 13.8 Å². The number of anilines is 2. The molecule has 1 aromatic rings. The van der Waals surface area contributed by atoms with Crippen molar-refractivity contribution in [1.82, 2.24) is 9.88 Å². The van der Waals surface area contributed by atoms with Gasteiger partial charge in [-0.2, -0.15) is 0 Å². The molecule has 0 saturated carbocycles. The zero-order valence-electron chi connectivity index (χ0n) is 11.3. The van der Waals surface area contributed by atoms with Crippen LogP contribution < -0.4 is 10.2 Å². The van der Waals surface area contributed by atoms with Gasteiger partial charge >= 0.3 is 0 Å². The summed E-state index contributed by atoms with van der Waals surface area (Å²) in [7, 11) is 5.61. The Bertz CT molecular complexity index is 396. The summed E-state index contributed by atoms with van der Waals surface area (Å²) in [5, 5.41) is 2.77. The third kappa shape index (κ3) is 3.80. The van der Waals surface area contributed by atoms with Crippen LogP contribution >= 0.6 is 0 Å². The first kappa shape index (κ1) is 14.6. The minimum Gasteiger partial charge on any atom is -0.368 e. The second-order valence-corrected chi connectivity index (χ2v) is 4.38. The average Bonchev–Trinajstić information content (AvgIpc) is 2.29. The van der Waals surface area contributed by atoms with Crippen LogP contribution in [0.25, 0.3) is 0 Å². The Balaban J connectivity index is 2.89. The van der Waals surface area contributed by atoms with Gasteiger partial charge in [0.15, 0.2) is 23.3 Å². The van der Waals surface area contributed by atoms with E-state index in [-0.39, 0.29) is 11.6 Å². The number of hydrogen-bond acceptors (Lipinski definition) is 4. The van der Waals surface area contributed by atoms with Crippen LogP contribution in [0.5, 0.6) is 0 Å². The van der Waals surface area contributed by atoms with Crippen LogP contribution in [0.15, 0.2) is 6.07 Å². The van der Waals surface area contributed by atoms with E-state index in [0.29, 0.717) is 13.1 Å². The number of likely N-dealkylation sites (N-methyl/N-ethyl adjacent to an activating group) is 2. The smallest absolute Gasteiger partial charge is 0.168 e. The number of aromatic nitrogens is 1. The average molecular weight is 258 g/mol. The predicted molar refractivity (Wildman–Crippen MR) is 70.1 cm³/mol. The molecule has 0 atom stereocenters. The molecule has 0 aliphatic carbocycles. The van der Waals surface area contributed by atoms with Gasteiger partial charge in [0.1, 0.15) is 0 Å². The Morgan fingerprint density at radius 3 is 2.39 bits per heavy atom. The predicted octanol–water partition coefficient (Wildman–Crippen LogP) is 1.79. The first-order valence-electron chi connectivity index (χ1n) is 5.91. The van der Waals surface area contributed by atoms with Crippen LogP contribution in [0.4, 0.5) is 20.4 Å². The highest BCUT2D eigenvalue weighted by atomic mass is 19.1. The summed E-state index contributed by atoms with van der Waals surface area (Å²) in [5.74, 6) is -1.06. The first-order valence-corrected chi connectivity index (χ1v) is 5.91. The van der Waals surface area contributed by atoms with Crippen molar-refractivity contribution >= 4 is 11.6 Å². The molecule has 0 spiro atoms. The number of halogens is 2. The van der Waals surface area contributed by atoms with E-state index in [0.717, 1.165) is 12.6 Å². The lowest BCUT2D eigenvalue weighted by atomic mass is 10.3. The van der Waals surface area contributed by atoms with E-state index in [9.17, 15) is 8.78 Å². The minimum atomic E-state index is -0.667. The normalized spacial score (nSPS) is 10.8. The maximum atomic E-state index is 13.7. The van der Waals surface area contributed by atoms with Crippen LogP contribution in [0.1, 0.15) is 6.92 Å². The Labute approximate surface area is 107 Å². The Morgan fingerprint density at radius 2 is 1.83 bits per heavy atom. The lowest BCUT2D eigenvalue weighted by Gasteiger charge is -2.21. The van der Waals surface area contributed by atoms with Gasteiger partial charge in [0.05, 0.1) is 0 Å². The quantitative estimate of drug-likeness (QED) is 0.843. The molecule has 0 radical (unpaired) electrons. The second-order valence-electron chi connectivity index (χ2n) is 4.38. The fourth-order valence-electron chi connectivity index (χ4n) is 1.47. The number of nitrogens with one attached hydrogen (secondary N) is 1. The van der Waals surface area contributed by atoms with Gasteiger partial charge < -0.3 is 15.1 Å². The Morgan fingerprint density at radius 1 is 1.17 bits per heavy atom. The summed E-state index contributed by atoms with van der Waals surface area (Å²) in [4.78, 5) is 7.65. The van der Waals surface area contributed by atoms with E-state index in [1.54, 1.807) is 11.9 Å². The topological polar surface area (TPSA) is 31.4 Å². The Kier molecular flexibility index (Phi) is 5.27. The van der Waals surface area contributed by atoms with E-state index < -0.39 is 11.6 Å². The van der Waals surface area contributed by atoms with Crippen molar-refractivity contribution in [3.05, 3.63) is 17.7 Å². The molecule has 102 valence electrons. The van der Waals surface area contributed by atoms with Crippen molar-refractivity contribution in [3.8, 4) is 0 Å². The van der Waals surface area contributed by atoms with Gasteiger partial charge in [0.25, 0.3) is 0 Å². The minimum absolute atomic E-state index is 0.0885. The molecule has 0 fully saturated rings. The monoisotopic (exact) mass is 258 g/mol. The van der Waals surface area contributed by atoms with Gasteiger partial charge in [-0.1, -0.05) is 0 Å². The zero-order chi connectivity index (χ0) is 13.7. The van der Waals surface area contributed by atoms with Crippen LogP contribution in [0, 0.1) is 11.6 Å². The van der Waals surface area contributed by atoms with Crippen molar-refractivity contribution < 1.29 is 8.78 Å². The summed E-state index contributed by atoms with van der Waals surface area (Å²) in [5.41, 5.74) is 0. The highest BCUT2D eigenvalue weighted by Crippen LogP contribution is 2.21. The van der Waals surface area contributed by atoms with E-state index in [4.69, 9.17) is 0 Å². The van der Waals surface area contributed by atoms with E-state index in [1.165, 1.54) is 0 Å². The van der Waals surface area contributed by atoms with Gasteiger partial charge in [-0.05, 0) is 21.0 Å². The molecule has 0 unspecified atom stereocenters. The van der Waals surface area contributed by atoms with Crippen molar-refractivity contribution in [1.29, 1.82) is 0 Å². The lowest BCUT2D eigenvalue weighted by molar-refractivity contribution is 0.415. The molecule has 18 heavy (non-hydrogen) atoms. The van der Waals surface area contributed by atoms with E-state index in [1.807, 2.05) is 25.9 Å². The molecule has 4 nitrogen and oxygen atoms in total. The van der Waals surface area contributed by atoms with Crippen LogP contribution in [-0.4, -0.2) is 50.7 Å². The Hall–Kier alpha value is -1.43. The third-order valence-corrected chi connectivity index (χ3v) is 2.50. The summed E-state index contributed by atoms with van der Waals surface area (Å²) < 4.78 is 27.1. The summed E-state index contributed by atoms with van der Waals surface area (Å²) in [6.45, 7) is 3.76. The lowest BCUT2D eigenvalue weighted by Crippen LogP contribution is -2.30. The fraction of sp³-hybridized carbons (Fsp3) is 0.583. The molecular formula is C12H20F2N4. The van der Waals surface area contributed by atoms with Crippen LogP contribution in [0.3, 0.4) is 0 Å². The van der Waals surface area contributed by atoms with Crippen molar-refractivity contribution in [3.63, 3.8) is 0 Å². The van der Waals surface area contributed by atoms with Crippen molar-refractivity contribution in [2.75, 3.05) is 51.0 Å². The molecule has 0 aliphatic rings. The number of nitrogens with zero attached hydrogens (tertiary/aromatic N) is 3. The summed E-state index contributed by atoms with van der Waals surface area (Å²) >= 11 is 0. The molecule has 0 bridgehead atoms. The second kappa shape index (κ2) is 6.49. The maximum absolute atomic E-state index is 13.7. The number of rotatable bonds is 6. The molecule has 6 heteroatoms. The van der Waals surface area contributed by atoms with Crippen LogP contribution in [0.2, 0.25) is 0 Å². The molecule has 1 rings (SSSR count). The fourth-order valence-corrected chi connectivity index (χ4v) is 1.47. The van der Waals surface area contributed by atoms with E-state index in [2.05, 4.69) is 10.3 Å². The molecule has 0 aliphatic heterocycles. The summed E-state index contributed by atoms with van der Waals surface area (Å²) in [6, 6.07) is 0.868. The third-order valence-electron chi connectivity index (χ3n) is 2.50. The molecule has 0 saturated heterocycles.